The van der Waals surface area contributed by atoms with Gasteiger partial charge >= 0.3 is 11.7 Å². The number of aromatic nitrogens is 1. The van der Waals surface area contributed by atoms with E-state index >= 15 is 0 Å². The number of benzene rings is 2. The Morgan fingerprint density at radius 2 is 1.96 bits per heavy atom. The van der Waals surface area contributed by atoms with Crippen LogP contribution in [0.5, 0.6) is 0 Å². The lowest BCUT2D eigenvalue weighted by Gasteiger charge is -2.12. The summed E-state index contributed by atoms with van der Waals surface area (Å²) < 4.78 is 11.6. The second kappa shape index (κ2) is 7.58. The molecule has 134 valence electrons. The highest BCUT2D eigenvalue weighted by Crippen LogP contribution is 2.15. The third kappa shape index (κ3) is 3.86. The molecule has 0 aliphatic rings. The first-order chi connectivity index (χ1) is 12.5. The van der Waals surface area contributed by atoms with E-state index in [0.717, 1.165) is 0 Å². The number of carbonyl (C=O) groups excluding carboxylic acids is 2. The number of halogens is 1. The molecule has 0 radical (unpaired) electrons. The molecule has 0 N–H and O–H groups in total. The van der Waals surface area contributed by atoms with Gasteiger partial charge in [0.25, 0.3) is 0 Å². The van der Waals surface area contributed by atoms with Crippen LogP contribution in [0.15, 0.2) is 57.7 Å². The van der Waals surface area contributed by atoms with Crippen LogP contribution in [-0.4, -0.2) is 22.4 Å². The smallest absolute Gasteiger partial charge is 0.419 e. The van der Waals surface area contributed by atoms with Crippen molar-refractivity contribution in [2.24, 2.45) is 0 Å². The second-order valence-electron chi connectivity index (χ2n) is 5.74. The summed E-state index contributed by atoms with van der Waals surface area (Å²) in [7, 11) is 0. The number of para-hydroxylation sites is 2. The van der Waals surface area contributed by atoms with Crippen molar-refractivity contribution in [2.75, 3.05) is 0 Å². The summed E-state index contributed by atoms with van der Waals surface area (Å²) in [5, 5.41) is 0.431. The van der Waals surface area contributed by atoms with Crippen molar-refractivity contribution in [3.8, 4) is 0 Å². The molecule has 0 fully saturated rings. The molecule has 0 saturated carbocycles. The summed E-state index contributed by atoms with van der Waals surface area (Å²) in [6, 6.07) is 13.4. The van der Waals surface area contributed by atoms with E-state index < -0.39 is 17.8 Å². The number of hydrogen-bond donors (Lipinski definition) is 0. The number of esters is 1. The molecule has 0 aliphatic heterocycles. The first-order valence-electron chi connectivity index (χ1n) is 8.03. The molecule has 2 aromatic carbocycles. The summed E-state index contributed by atoms with van der Waals surface area (Å²) in [6.07, 6.45) is -1.00. The summed E-state index contributed by atoms with van der Waals surface area (Å²) >= 11 is 5.87. The summed E-state index contributed by atoms with van der Waals surface area (Å²) in [5.74, 6) is -1.46. The minimum absolute atomic E-state index is 0.0589. The monoisotopic (exact) mass is 373 g/mol. The van der Waals surface area contributed by atoms with Crippen LogP contribution in [0.3, 0.4) is 0 Å². The van der Waals surface area contributed by atoms with Crippen molar-refractivity contribution in [3.05, 3.63) is 69.7 Å². The third-order valence-corrected chi connectivity index (χ3v) is 4.13. The zero-order chi connectivity index (χ0) is 18.7. The van der Waals surface area contributed by atoms with Gasteiger partial charge in [0.1, 0.15) is 0 Å². The lowest BCUT2D eigenvalue weighted by molar-refractivity contribution is -0.146. The highest BCUT2D eigenvalue weighted by molar-refractivity contribution is 6.31. The number of Topliss-reactive ketones (excluding diaryl/α,β-unsaturated/α-hetero) is 1. The average Bonchev–Trinajstić information content (AvgIpc) is 2.94. The first kappa shape index (κ1) is 17.9. The van der Waals surface area contributed by atoms with E-state index in [2.05, 4.69) is 0 Å². The van der Waals surface area contributed by atoms with Crippen LogP contribution in [0.2, 0.25) is 5.02 Å². The van der Waals surface area contributed by atoms with Gasteiger partial charge in [-0.15, -0.1) is 0 Å². The molecule has 3 rings (SSSR count). The Kier molecular flexibility index (Phi) is 5.23. The maximum absolute atomic E-state index is 12.3. The van der Waals surface area contributed by atoms with E-state index in [1.165, 1.54) is 17.6 Å². The molecule has 1 atom stereocenters. The van der Waals surface area contributed by atoms with Crippen molar-refractivity contribution in [2.45, 2.75) is 26.0 Å². The van der Waals surface area contributed by atoms with Crippen molar-refractivity contribution >= 4 is 34.5 Å². The highest BCUT2D eigenvalue weighted by atomic mass is 35.5. The molecule has 0 amide bonds. The average molecular weight is 374 g/mol. The molecule has 0 saturated heterocycles. The highest BCUT2D eigenvalue weighted by Gasteiger charge is 2.20. The van der Waals surface area contributed by atoms with Crippen LogP contribution in [0.4, 0.5) is 0 Å². The molecular weight excluding hydrogens is 358 g/mol. The Hall–Kier alpha value is -2.86. The maximum atomic E-state index is 12.3. The molecule has 7 heteroatoms. The van der Waals surface area contributed by atoms with E-state index in [1.807, 2.05) is 0 Å². The van der Waals surface area contributed by atoms with Gasteiger partial charge in [-0.3, -0.25) is 14.2 Å². The Labute approximate surface area is 153 Å². The van der Waals surface area contributed by atoms with Crippen molar-refractivity contribution in [3.63, 3.8) is 0 Å². The summed E-state index contributed by atoms with van der Waals surface area (Å²) in [4.78, 5) is 36.2. The molecule has 1 heterocycles. The van der Waals surface area contributed by atoms with Gasteiger partial charge in [-0.2, -0.15) is 0 Å². The number of nitrogens with zero attached hydrogens (tertiary/aromatic N) is 1. The van der Waals surface area contributed by atoms with Crippen LogP contribution < -0.4 is 5.76 Å². The Balaban J connectivity index is 1.62. The van der Waals surface area contributed by atoms with E-state index in [0.29, 0.717) is 21.7 Å². The molecule has 3 aromatic rings. The molecule has 1 aromatic heterocycles. The lowest BCUT2D eigenvalue weighted by atomic mass is 10.1. The Morgan fingerprint density at radius 3 is 2.73 bits per heavy atom. The second-order valence-corrected chi connectivity index (χ2v) is 6.18. The van der Waals surface area contributed by atoms with Gasteiger partial charge in [0, 0.05) is 17.1 Å². The quantitative estimate of drug-likeness (QED) is 0.488. The number of fused-ring (bicyclic) bond motifs is 1. The number of hydrogen-bond acceptors (Lipinski definition) is 5. The van der Waals surface area contributed by atoms with E-state index in [4.69, 9.17) is 20.8 Å². The topological polar surface area (TPSA) is 78.5 Å². The predicted molar refractivity (Wildman–Crippen MR) is 96.4 cm³/mol. The fourth-order valence-corrected chi connectivity index (χ4v) is 2.81. The fraction of sp³-hybridized carbons (Fsp3) is 0.211. The van der Waals surface area contributed by atoms with Gasteiger partial charge in [-0.05, 0) is 31.2 Å². The Bertz CT molecular complexity index is 1020. The number of oxazole rings is 1. The Morgan fingerprint density at radius 1 is 1.19 bits per heavy atom. The SMILES string of the molecule is CC(OC(=O)CCn1c(=O)oc2ccccc21)C(=O)c1cccc(Cl)c1. The molecule has 26 heavy (non-hydrogen) atoms. The minimum atomic E-state index is -0.946. The van der Waals surface area contributed by atoms with E-state index in [-0.39, 0.29) is 18.7 Å². The predicted octanol–water partition coefficient (Wildman–Crippen LogP) is 3.45. The zero-order valence-electron chi connectivity index (χ0n) is 14.0. The third-order valence-electron chi connectivity index (χ3n) is 3.90. The number of rotatable bonds is 6. The molecule has 0 spiro atoms. The molecular formula is C19H16ClNO5. The van der Waals surface area contributed by atoms with Gasteiger partial charge in [0.05, 0.1) is 11.9 Å². The van der Waals surface area contributed by atoms with E-state index in [9.17, 15) is 14.4 Å². The van der Waals surface area contributed by atoms with Gasteiger partial charge in [-0.25, -0.2) is 4.79 Å². The van der Waals surface area contributed by atoms with Crippen LogP contribution in [0, 0.1) is 0 Å². The number of carbonyl (C=O) groups is 2. The summed E-state index contributed by atoms with van der Waals surface area (Å²) in [6.45, 7) is 1.60. The van der Waals surface area contributed by atoms with Crippen molar-refractivity contribution in [1.82, 2.24) is 4.57 Å². The van der Waals surface area contributed by atoms with Gasteiger partial charge in [0.2, 0.25) is 5.78 Å². The van der Waals surface area contributed by atoms with Gasteiger partial charge in [-0.1, -0.05) is 35.9 Å². The normalized spacial score (nSPS) is 12.1. The van der Waals surface area contributed by atoms with Crippen LogP contribution in [0.1, 0.15) is 23.7 Å². The number of aryl methyl sites for hydroxylation is 1. The van der Waals surface area contributed by atoms with Crippen LogP contribution >= 0.6 is 11.6 Å². The molecule has 0 bridgehead atoms. The number of ether oxygens (including phenoxy) is 1. The first-order valence-corrected chi connectivity index (χ1v) is 8.41. The lowest BCUT2D eigenvalue weighted by Crippen LogP contribution is -2.25. The van der Waals surface area contributed by atoms with Crippen molar-refractivity contribution in [1.29, 1.82) is 0 Å². The van der Waals surface area contributed by atoms with Crippen molar-refractivity contribution < 1.29 is 18.7 Å². The van der Waals surface area contributed by atoms with Crippen LogP contribution in [0.25, 0.3) is 11.1 Å². The largest absolute Gasteiger partial charge is 0.454 e. The minimum Gasteiger partial charge on any atom is -0.454 e. The molecule has 6 nitrogen and oxygen atoms in total. The molecule has 0 aliphatic carbocycles. The fourth-order valence-electron chi connectivity index (χ4n) is 2.61. The summed E-state index contributed by atoms with van der Waals surface area (Å²) in [5.41, 5.74) is 1.43. The standard InChI is InChI=1S/C19H16ClNO5/c1-12(18(23)13-5-4-6-14(20)11-13)25-17(22)9-10-21-15-7-2-3-8-16(15)26-19(21)24/h2-8,11-12H,9-10H2,1H3. The van der Waals surface area contributed by atoms with Gasteiger partial charge in [0.15, 0.2) is 11.7 Å². The van der Waals surface area contributed by atoms with E-state index in [1.54, 1.807) is 42.5 Å². The maximum Gasteiger partial charge on any atom is 0.419 e. The van der Waals surface area contributed by atoms with Crippen LogP contribution in [-0.2, 0) is 16.1 Å². The van der Waals surface area contributed by atoms with Gasteiger partial charge < -0.3 is 9.15 Å². The zero-order valence-corrected chi connectivity index (χ0v) is 14.7. The molecule has 1 unspecified atom stereocenters. The number of ketones is 1.